The molecule has 2 aliphatic heterocycles. The van der Waals surface area contributed by atoms with Gasteiger partial charge in [0.1, 0.15) is 6.04 Å². The van der Waals surface area contributed by atoms with E-state index in [1.165, 1.54) is 0 Å². The first-order valence-corrected chi connectivity index (χ1v) is 4.49. The third-order valence-corrected chi connectivity index (χ3v) is 2.83. The van der Waals surface area contributed by atoms with E-state index in [1.807, 2.05) is 0 Å². The summed E-state index contributed by atoms with van der Waals surface area (Å²) >= 11 is 0. The van der Waals surface area contributed by atoms with E-state index in [4.69, 9.17) is 9.84 Å². The number of piperidine rings is 1. The van der Waals surface area contributed by atoms with Crippen LogP contribution < -0.4 is 0 Å². The van der Waals surface area contributed by atoms with Gasteiger partial charge in [-0.05, 0) is 6.42 Å². The van der Waals surface area contributed by atoms with Crippen LogP contribution in [0.3, 0.4) is 0 Å². The molecule has 0 aliphatic carbocycles. The number of fused-ring (bicyclic) bond motifs is 2. The van der Waals surface area contributed by atoms with Crippen molar-refractivity contribution in [2.45, 2.75) is 30.8 Å². The minimum absolute atomic E-state index is 0.176. The van der Waals surface area contributed by atoms with Gasteiger partial charge < -0.3 is 9.84 Å². The van der Waals surface area contributed by atoms with Crippen molar-refractivity contribution in [2.75, 3.05) is 13.2 Å². The quantitative estimate of drug-likeness (QED) is 0.648. The highest BCUT2D eigenvalue weighted by molar-refractivity contribution is 5.66. The van der Waals surface area contributed by atoms with Gasteiger partial charge in [-0.1, -0.05) is 0 Å². The van der Waals surface area contributed by atoms with Crippen LogP contribution in [0.1, 0.15) is 12.8 Å². The number of morpholine rings is 1. The van der Waals surface area contributed by atoms with Crippen LogP contribution in [-0.4, -0.2) is 47.3 Å². The van der Waals surface area contributed by atoms with E-state index in [0.717, 1.165) is 4.90 Å². The van der Waals surface area contributed by atoms with E-state index >= 15 is 0 Å². The van der Waals surface area contributed by atoms with Gasteiger partial charge in [-0.25, -0.2) is 13.6 Å². The molecular formula is C8H11F2NO3. The first kappa shape index (κ1) is 9.64. The molecule has 2 aliphatic rings. The predicted octanol–water partition coefficient (Wildman–Crippen LogP) is 1.16. The summed E-state index contributed by atoms with van der Waals surface area (Å²) in [5, 5.41) is 8.81. The Hall–Kier alpha value is -0.910. The van der Waals surface area contributed by atoms with Crippen LogP contribution in [0.4, 0.5) is 13.6 Å². The summed E-state index contributed by atoms with van der Waals surface area (Å²) in [7, 11) is 0. The van der Waals surface area contributed by atoms with Crippen molar-refractivity contribution in [1.82, 2.24) is 4.90 Å². The highest BCUT2D eigenvalue weighted by Gasteiger charge is 2.53. The Kier molecular flexibility index (Phi) is 2.10. The van der Waals surface area contributed by atoms with E-state index in [9.17, 15) is 13.6 Å². The van der Waals surface area contributed by atoms with Crippen LogP contribution in [0.5, 0.6) is 0 Å². The second-order valence-corrected chi connectivity index (χ2v) is 3.70. The zero-order valence-electron chi connectivity index (χ0n) is 7.45. The average molecular weight is 207 g/mol. The Labute approximate surface area is 79.4 Å². The Morgan fingerprint density at radius 3 is 2.79 bits per heavy atom. The molecule has 2 saturated heterocycles. The predicted molar refractivity (Wildman–Crippen MR) is 42.4 cm³/mol. The van der Waals surface area contributed by atoms with Crippen molar-refractivity contribution in [3.63, 3.8) is 0 Å². The van der Waals surface area contributed by atoms with Crippen LogP contribution in [0.25, 0.3) is 0 Å². The average Bonchev–Trinajstić information content (AvgIpc) is 2.12. The number of nitrogens with zero attached hydrogens (tertiary/aromatic N) is 1. The number of rotatable bonds is 0. The fourth-order valence-electron chi connectivity index (χ4n) is 2.09. The number of hydrogen-bond donors (Lipinski definition) is 1. The molecular weight excluding hydrogens is 196 g/mol. The maximum absolute atomic E-state index is 13.3. The van der Waals surface area contributed by atoms with Gasteiger partial charge in [0.15, 0.2) is 0 Å². The van der Waals surface area contributed by atoms with Gasteiger partial charge in [-0.2, -0.15) is 0 Å². The summed E-state index contributed by atoms with van der Waals surface area (Å²) in [4.78, 5) is 11.6. The number of hydrogen-bond acceptors (Lipinski definition) is 2. The lowest BCUT2D eigenvalue weighted by Gasteiger charge is -2.47. The summed E-state index contributed by atoms with van der Waals surface area (Å²) in [6.45, 7) is 0.0364. The third-order valence-electron chi connectivity index (χ3n) is 2.83. The molecule has 2 unspecified atom stereocenters. The van der Waals surface area contributed by atoms with Gasteiger partial charge in [0.25, 0.3) is 5.92 Å². The summed E-state index contributed by atoms with van der Waals surface area (Å²) in [6.07, 6.45) is -1.34. The monoisotopic (exact) mass is 207 g/mol. The second kappa shape index (κ2) is 3.05. The zero-order chi connectivity index (χ0) is 10.3. The largest absolute Gasteiger partial charge is 0.465 e. The zero-order valence-corrected chi connectivity index (χ0v) is 7.45. The van der Waals surface area contributed by atoms with Crippen LogP contribution in [0.2, 0.25) is 0 Å². The van der Waals surface area contributed by atoms with Crippen LogP contribution >= 0.6 is 0 Å². The molecule has 2 bridgehead atoms. The minimum atomic E-state index is -2.95. The fourth-order valence-corrected chi connectivity index (χ4v) is 2.09. The first-order valence-electron chi connectivity index (χ1n) is 4.49. The Morgan fingerprint density at radius 2 is 2.21 bits per heavy atom. The van der Waals surface area contributed by atoms with Crippen LogP contribution in [0, 0.1) is 0 Å². The number of ether oxygens (including phenoxy) is 1. The molecule has 80 valence electrons. The lowest BCUT2D eigenvalue weighted by Crippen LogP contribution is -2.64. The molecule has 2 heterocycles. The van der Waals surface area contributed by atoms with Gasteiger partial charge in [0.05, 0.1) is 19.3 Å². The molecule has 6 heteroatoms. The Bertz CT molecular complexity index is 259. The van der Waals surface area contributed by atoms with Crippen molar-refractivity contribution >= 4 is 6.09 Å². The van der Waals surface area contributed by atoms with Crippen molar-refractivity contribution in [3.05, 3.63) is 0 Å². The number of carbonyl (C=O) groups is 1. The van der Waals surface area contributed by atoms with E-state index in [2.05, 4.69) is 0 Å². The van der Waals surface area contributed by atoms with Crippen molar-refractivity contribution in [2.24, 2.45) is 0 Å². The van der Waals surface area contributed by atoms with Gasteiger partial charge in [0, 0.05) is 6.42 Å². The lowest BCUT2D eigenvalue weighted by atomic mass is 9.91. The molecule has 2 atom stereocenters. The number of halogens is 2. The molecule has 0 radical (unpaired) electrons. The molecule has 1 N–H and O–H groups in total. The Balaban J connectivity index is 2.26. The summed E-state index contributed by atoms with van der Waals surface area (Å²) in [5.41, 5.74) is 0. The molecule has 0 saturated carbocycles. The number of amides is 1. The van der Waals surface area contributed by atoms with Gasteiger partial charge in [-0.3, -0.25) is 4.90 Å². The highest BCUT2D eigenvalue weighted by Crippen LogP contribution is 2.38. The molecule has 1 amide bonds. The summed E-state index contributed by atoms with van der Waals surface area (Å²) in [6, 6.07) is -1.70. The first-order chi connectivity index (χ1) is 6.52. The summed E-state index contributed by atoms with van der Waals surface area (Å²) < 4.78 is 31.6. The van der Waals surface area contributed by atoms with Gasteiger partial charge in [-0.15, -0.1) is 0 Å². The molecule has 14 heavy (non-hydrogen) atoms. The summed E-state index contributed by atoms with van der Waals surface area (Å²) in [5.74, 6) is -2.95. The standard InChI is InChI=1S/C8H11F2NO3/c9-8(10)2-1-5-3-14-4-6(8)11(5)7(12)13/h5-6H,1-4H2,(H,12,13). The van der Waals surface area contributed by atoms with E-state index < -0.39 is 24.1 Å². The maximum atomic E-state index is 13.3. The second-order valence-electron chi connectivity index (χ2n) is 3.70. The third kappa shape index (κ3) is 1.33. The number of alkyl halides is 2. The van der Waals surface area contributed by atoms with Crippen molar-refractivity contribution in [1.29, 1.82) is 0 Å². The van der Waals surface area contributed by atoms with Crippen molar-refractivity contribution in [3.8, 4) is 0 Å². The van der Waals surface area contributed by atoms with Gasteiger partial charge in [0.2, 0.25) is 0 Å². The van der Waals surface area contributed by atoms with E-state index in [0.29, 0.717) is 0 Å². The normalized spacial score (nSPS) is 35.4. The molecule has 0 aromatic heterocycles. The SMILES string of the molecule is O=C(O)N1C2CCC(F)(F)C1COC2. The maximum Gasteiger partial charge on any atom is 0.408 e. The van der Waals surface area contributed by atoms with Crippen LogP contribution in [-0.2, 0) is 4.74 Å². The molecule has 0 aromatic rings. The van der Waals surface area contributed by atoms with E-state index in [1.54, 1.807) is 0 Å². The molecule has 0 aromatic carbocycles. The molecule has 0 spiro atoms. The Morgan fingerprint density at radius 1 is 1.50 bits per heavy atom. The van der Waals surface area contributed by atoms with Gasteiger partial charge >= 0.3 is 6.09 Å². The smallest absolute Gasteiger partial charge is 0.408 e. The van der Waals surface area contributed by atoms with Crippen LogP contribution in [0.15, 0.2) is 0 Å². The van der Waals surface area contributed by atoms with Crippen molar-refractivity contribution < 1.29 is 23.4 Å². The number of carboxylic acid groups (broad SMARTS) is 1. The topological polar surface area (TPSA) is 49.8 Å². The highest BCUT2D eigenvalue weighted by atomic mass is 19.3. The molecule has 2 fully saturated rings. The fraction of sp³-hybridized carbons (Fsp3) is 0.875. The molecule has 4 nitrogen and oxygen atoms in total. The molecule has 2 rings (SSSR count). The minimum Gasteiger partial charge on any atom is -0.465 e. The lowest BCUT2D eigenvalue weighted by molar-refractivity contribution is -0.176. The van der Waals surface area contributed by atoms with E-state index in [-0.39, 0.29) is 26.1 Å².